The molecule has 0 unspecified atom stereocenters. The smallest absolute Gasteiger partial charge is 0.280 e. The molecule has 1 saturated heterocycles. The lowest BCUT2D eigenvalue weighted by Gasteiger charge is -2.34. The minimum atomic E-state index is -0.146. The molecule has 2 aromatic carbocycles. The summed E-state index contributed by atoms with van der Waals surface area (Å²) in [6.45, 7) is 5.23. The van der Waals surface area contributed by atoms with Crippen LogP contribution in [0.5, 0.6) is 0 Å². The zero-order valence-electron chi connectivity index (χ0n) is 18.2. The van der Waals surface area contributed by atoms with Crippen molar-refractivity contribution in [3.63, 3.8) is 0 Å². The van der Waals surface area contributed by atoms with Crippen molar-refractivity contribution in [1.82, 2.24) is 5.16 Å². The van der Waals surface area contributed by atoms with Gasteiger partial charge in [-0.15, -0.1) is 0 Å². The molecule has 7 nitrogen and oxygen atoms in total. The maximum Gasteiger partial charge on any atom is 0.280 e. The molecule has 5 rings (SSSR count). The third-order valence-electron chi connectivity index (χ3n) is 6.38. The number of nitrogens with one attached hydrogen (secondary N) is 1. The van der Waals surface area contributed by atoms with Gasteiger partial charge < -0.3 is 19.5 Å². The molecule has 2 aliphatic heterocycles. The summed E-state index contributed by atoms with van der Waals surface area (Å²) in [7, 11) is 0. The number of anilines is 2. The van der Waals surface area contributed by atoms with Gasteiger partial charge in [0.1, 0.15) is 5.76 Å². The average Bonchev–Trinajstić information content (AvgIpc) is 3.35. The van der Waals surface area contributed by atoms with E-state index in [0.29, 0.717) is 31.2 Å². The topological polar surface area (TPSA) is 84.7 Å². The van der Waals surface area contributed by atoms with Crippen LogP contribution in [-0.4, -0.2) is 36.7 Å². The Kier molecular flexibility index (Phi) is 5.06. The van der Waals surface area contributed by atoms with E-state index < -0.39 is 0 Å². The average molecular weight is 431 g/mol. The summed E-state index contributed by atoms with van der Waals surface area (Å²) in [5.74, 6) is 0.365. The molecule has 0 bridgehead atoms. The van der Waals surface area contributed by atoms with Crippen LogP contribution in [0.3, 0.4) is 0 Å². The van der Waals surface area contributed by atoms with Gasteiger partial charge in [-0.1, -0.05) is 23.4 Å². The quantitative estimate of drug-likeness (QED) is 0.668. The van der Waals surface area contributed by atoms with E-state index in [9.17, 15) is 9.59 Å². The molecule has 0 radical (unpaired) electrons. The Labute approximate surface area is 186 Å². The summed E-state index contributed by atoms with van der Waals surface area (Å²) in [5, 5.41) is 6.78. The van der Waals surface area contributed by atoms with Crippen LogP contribution in [-0.2, 0) is 14.9 Å². The number of carbonyl (C=O) groups excluding carboxylic acids is 2. The standard InChI is InChI=1S/C25H25N3O4/c1-16-12-22(27-32-16)24(30)28-15-25(8-10-31-11-9-25)21-14-19(6-7-23(21)28)18-4-3-5-20(13-18)26-17(2)29/h3-7,12-14H,8-11,15H2,1-2H3,(H,26,29). The molecule has 2 aliphatic rings. The Balaban J connectivity index is 1.56. The highest BCUT2D eigenvalue weighted by Crippen LogP contribution is 2.48. The van der Waals surface area contributed by atoms with Crippen molar-refractivity contribution in [3.8, 4) is 11.1 Å². The molecular formula is C25H25N3O4. The third-order valence-corrected chi connectivity index (χ3v) is 6.38. The first kappa shape index (κ1) is 20.5. The Bertz CT molecular complexity index is 1190. The fourth-order valence-corrected chi connectivity index (χ4v) is 4.80. The van der Waals surface area contributed by atoms with Crippen molar-refractivity contribution in [3.05, 3.63) is 65.5 Å². The predicted octanol–water partition coefficient (Wildman–Crippen LogP) is 4.32. The molecule has 7 heteroatoms. The van der Waals surface area contributed by atoms with Gasteiger partial charge in [-0.2, -0.15) is 0 Å². The number of nitrogens with zero attached hydrogens (tertiary/aromatic N) is 2. The highest BCUT2D eigenvalue weighted by Gasteiger charge is 2.46. The van der Waals surface area contributed by atoms with Gasteiger partial charge in [0.2, 0.25) is 5.91 Å². The van der Waals surface area contributed by atoms with Crippen LogP contribution >= 0.6 is 0 Å². The lowest BCUT2D eigenvalue weighted by Crippen LogP contribution is -2.40. The molecular weight excluding hydrogens is 406 g/mol. The summed E-state index contributed by atoms with van der Waals surface area (Å²) in [6.07, 6.45) is 1.72. The van der Waals surface area contributed by atoms with E-state index in [1.165, 1.54) is 6.92 Å². The lowest BCUT2D eigenvalue weighted by atomic mass is 9.75. The fraction of sp³-hybridized carbons (Fsp3) is 0.320. The number of benzene rings is 2. The van der Waals surface area contributed by atoms with Crippen LogP contribution in [0, 0.1) is 6.92 Å². The van der Waals surface area contributed by atoms with E-state index >= 15 is 0 Å². The monoisotopic (exact) mass is 431 g/mol. The first-order valence-corrected chi connectivity index (χ1v) is 10.8. The van der Waals surface area contributed by atoms with Gasteiger partial charge in [0.25, 0.3) is 5.91 Å². The molecule has 0 atom stereocenters. The van der Waals surface area contributed by atoms with Crippen molar-refractivity contribution >= 4 is 23.2 Å². The van der Waals surface area contributed by atoms with Crippen LogP contribution < -0.4 is 10.2 Å². The highest BCUT2D eigenvalue weighted by atomic mass is 16.5. The summed E-state index contributed by atoms with van der Waals surface area (Å²) < 4.78 is 10.8. The summed E-state index contributed by atoms with van der Waals surface area (Å²) in [6, 6.07) is 15.7. The highest BCUT2D eigenvalue weighted by molar-refractivity contribution is 6.06. The number of hydrogen-bond donors (Lipinski definition) is 1. The number of rotatable bonds is 3. The van der Waals surface area contributed by atoms with E-state index in [4.69, 9.17) is 9.26 Å². The zero-order chi connectivity index (χ0) is 22.3. The number of ether oxygens (including phenoxy) is 1. The van der Waals surface area contributed by atoms with Gasteiger partial charge in [-0.05, 0) is 60.7 Å². The van der Waals surface area contributed by atoms with Crippen molar-refractivity contribution in [2.75, 3.05) is 30.0 Å². The Morgan fingerprint density at radius 1 is 1.06 bits per heavy atom. The summed E-state index contributed by atoms with van der Waals surface area (Å²) in [5.41, 5.74) is 5.08. The second kappa shape index (κ2) is 7.91. The lowest BCUT2D eigenvalue weighted by molar-refractivity contribution is -0.114. The first-order valence-electron chi connectivity index (χ1n) is 10.8. The Hall–Kier alpha value is -3.45. The number of aromatic nitrogens is 1. The van der Waals surface area contributed by atoms with Crippen molar-refractivity contribution < 1.29 is 18.8 Å². The van der Waals surface area contributed by atoms with Crippen LogP contribution in [0.25, 0.3) is 11.1 Å². The van der Waals surface area contributed by atoms with E-state index in [2.05, 4.69) is 16.5 Å². The molecule has 1 fully saturated rings. The Morgan fingerprint density at radius 3 is 2.56 bits per heavy atom. The second-order valence-electron chi connectivity index (χ2n) is 8.60. The van der Waals surface area contributed by atoms with E-state index in [1.807, 2.05) is 41.3 Å². The number of aryl methyl sites for hydroxylation is 1. The number of hydrogen-bond acceptors (Lipinski definition) is 5. The molecule has 1 N–H and O–H groups in total. The Morgan fingerprint density at radius 2 is 1.84 bits per heavy atom. The van der Waals surface area contributed by atoms with E-state index in [0.717, 1.165) is 40.9 Å². The largest absolute Gasteiger partial charge is 0.381 e. The summed E-state index contributed by atoms with van der Waals surface area (Å²) in [4.78, 5) is 26.6. The molecule has 0 aliphatic carbocycles. The van der Waals surface area contributed by atoms with Crippen LogP contribution in [0.1, 0.15) is 41.6 Å². The minimum Gasteiger partial charge on any atom is -0.381 e. The maximum atomic E-state index is 13.3. The molecule has 3 heterocycles. The molecule has 1 aromatic heterocycles. The minimum absolute atomic E-state index is 0.102. The third kappa shape index (κ3) is 3.58. The molecule has 3 aromatic rings. The summed E-state index contributed by atoms with van der Waals surface area (Å²) >= 11 is 0. The predicted molar refractivity (Wildman–Crippen MR) is 121 cm³/mol. The SMILES string of the molecule is CC(=O)Nc1cccc(-c2ccc3c(c2)C2(CCOCC2)CN3C(=O)c2cc(C)on2)c1. The maximum absolute atomic E-state index is 13.3. The van der Waals surface area contributed by atoms with Crippen LogP contribution in [0.4, 0.5) is 11.4 Å². The molecule has 32 heavy (non-hydrogen) atoms. The van der Waals surface area contributed by atoms with Gasteiger partial charge in [-0.3, -0.25) is 9.59 Å². The number of carbonyl (C=O) groups is 2. The number of amides is 2. The second-order valence-corrected chi connectivity index (χ2v) is 8.60. The van der Waals surface area contributed by atoms with E-state index in [1.54, 1.807) is 13.0 Å². The first-order chi connectivity index (χ1) is 15.4. The van der Waals surface area contributed by atoms with Gasteiger partial charge >= 0.3 is 0 Å². The molecule has 1 spiro atoms. The fourth-order valence-electron chi connectivity index (χ4n) is 4.80. The van der Waals surface area contributed by atoms with Gasteiger partial charge in [-0.25, -0.2) is 0 Å². The zero-order valence-corrected chi connectivity index (χ0v) is 18.2. The molecule has 2 amide bonds. The van der Waals surface area contributed by atoms with Crippen molar-refractivity contribution in [2.45, 2.75) is 32.1 Å². The van der Waals surface area contributed by atoms with Crippen LogP contribution in [0.2, 0.25) is 0 Å². The normalized spacial score (nSPS) is 16.8. The van der Waals surface area contributed by atoms with Gasteiger partial charge in [0.05, 0.1) is 0 Å². The van der Waals surface area contributed by atoms with Crippen molar-refractivity contribution in [1.29, 1.82) is 0 Å². The van der Waals surface area contributed by atoms with E-state index in [-0.39, 0.29) is 17.2 Å². The molecule has 164 valence electrons. The van der Waals surface area contributed by atoms with Gasteiger partial charge in [0.15, 0.2) is 5.69 Å². The molecule has 0 saturated carbocycles. The number of fused-ring (bicyclic) bond motifs is 2. The van der Waals surface area contributed by atoms with Gasteiger partial charge in [0, 0.05) is 49.5 Å². The van der Waals surface area contributed by atoms with Crippen LogP contribution in [0.15, 0.2) is 53.1 Å². The van der Waals surface area contributed by atoms with Crippen molar-refractivity contribution in [2.24, 2.45) is 0 Å².